The summed E-state index contributed by atoms with van der Waals surface area (Å²) in [6.45, 7) is 2.63. The first-order chi connectivity index (χ1) is 10.3. The topological polar surface area (TPSA) is 21.6 Å². The van der Waals surface area contributed by atoms with Gasteiger partial charge in [-0.3, -0.25) is 0 Å². The SMILES string of the molecule is Cc1ccc(/C(CC2CC2)=N/OCc2ccccc2)cc1. The number of benzene rings is 2. The smallest absolute Gasteiger partial charge is 0.142 e. The average Bonchev–Trinajstić information content (AvgIpc) is 3.32. The maximum Gasteiger partial charge on any atom is 0.142 e. The van der Waals surface area contributed by atoms with Gasteiger partial charge in [-0.25, -0.2) is 0 Å². The molecule has 21 heavy (non-hydrogen) atoms. The minimum absolute atomic E-state index is 0.529. The summed E-state index contributed by atoms with van der Waals surface area (Å²) in [5.41, 5.74) is 4.68. The van der Waals surface area contributed by atoms with E-state index < -0.39 is 0 Å². The van der Waals surface area contributed by atoms with Crippen molar-refractivity contribution in [3.8, 4) is 0 Å². The van der Waals surface area contributed by atoms with Crippen LogP contribution < -0.4 is 0 Å². The van der Waals surface area contributed by atoms with Gasteiger partial charge >= 0.3 is 0 Å². The van der Waals surface area contributed by atoms with Crippen molar-refractivity contribution < 1.29 is 4.84 Å². The Morgan fingerprint density at radius 2 is 1.76 bits per heavy atom. The van der Waals surface area contributed by atoms with E-state index in [4.69, 9.17) is 4.84 Å². The lowest BCUT2D eigenvalue weighted by molar-refractivity contribution is 0.130. The lowest BCUT2D eigenvalue weighted by atomic mass is 10.0. The first kappa shape index (κ1) is 13.9. The quantitative estimate of drug-likeness (QED) is 0.554. The fraction of sp³-hybridized carbons (Fsp3) is 0.316. The second-order valence-corrected chi connectivity index (χ2v) is 5.81. The Balaban J connectivity index is 1.69. The van der Waals surface area contributed by atoms with Gasteiger partial charge in [-0.1, -0.05) is 65.3 Å². The lowest BCUT2D eigenvalue weighted by Crippen LogP contribution is -2.04. The summed E-state index contributed by atoms with van der Waals surface area (Å²) in [6, 6.07) is 18.7. The van der Waals surface area contributed by atoms with E-state index >= 15 is 0 Å². The maximum absolute atomic E-state index is 5.58. The van der Waals surface area contributed by atoms with E-state index in [1.165, 1.54) is 24.0 Å². The molecular weight excluding hydrogens is 258 g/mol. The minimum atomic E-state index is 0.529. The highest BCUT2D eigenvalue weighted by Gasteiger charge is 2.24. The summed E-state index contributed by atoms with van der Waals surface area (Å²) in [5.74, 6) is 0.797. The molecule has 1 aliphatic carbocycles. The molecule has 0 saturated heterocycles. The van der Waals surface area contributed by atoms with Gasteiger partial charge in [0, 0.05) is 0 Å². The third-order valence-electron chi connectivity index (χ3n) is 3.81. The Kier molecular flexibility index (Phi) is 4.34. The van der Waals surface area contributed by atoms with Gasteiger partial charge in [-0.15, -0.1) is 0 Å². The standard InChI is InChI=1S/C19H21NO/c1-15-7-11-18(12-8-15)19(13-16-9-10-16)20-21-14-17-5-3-2-4-6-17/h2-8,11-12,16H,9-10,13-14H2,1H3/b20-19+. The molecule has 1 saturated carbocycles. The predicted octanol–water partition coefficient (Wildman–Crippen LogP) is 4.72. The van der Waals surface area contributed by atoms with Gasteiger partial charge in [-0.05, 0) is 43.2 Å². The second kappa shape index (κ2) is 6.57. The van der Waals surface area contributed by atoms with E-state index in [0.29, 0.717) is 6.61 Å². The highest BCUT2D eigenvalue weighted by Crippen LogP contribution is 2.33. The minimum Gasteiger partial charge on any atom is -0.391 e. The van der Waals surface area contributed by atoms with Crippen molar-refractivity contribution in [1.82, 2.24) is 0 Å². The molecule has 0 N–H and O–H groups in total. The van der Waals surface area contributed by atoms with E-state index in [1.54, 1.807) is 0 Å². The molecule has 108 valence electrons. The summed E-state index contributed by atoms with van der Waals surface area (Å²) in [4.78, 5) is 5.58. The van der Waals surface area contributed by atoms with E-state index in [-0.39, 0.29) is 0 Å². The molecule has 3 rings (SSSR count). The predicted molar refractivity (Wildman–Crippen MR) is 86.3 cm³/mol. The Hall–Kier alpha value is -2.09. The average molecular weight is 279 g/mol. The van der Waals surface area contributed by atoms with Crippen LogP contribution in [0.5, 0.6) is 0 Å². The molecular formula is C19H21NO. The summed E-state index contributed by atoms with van der Waals surface area (Å²) in [5, 5.41) is 4.42. The molecule has 2 heteroatoms. The van der Waals surface area contributed by atoms with Crippen LogP contribution in [-0.4, -0.2) is 5.71 Å². The highest BCUT2D eigenvalue weighted by atomic mass is 16.6. The molecule has 0 unspecified atom stereocenters. The van der Waals surface area contributed by atoms with Crippen molar-refractivity contribution in [1.29, 1.82) is 0 Å². The summed E-state index contributed by atoms with van der Waals surface area (Å²) in [7, 11) is 0. The van der Waals surface area contributed by atoms with Crippen LogP contribution in [0.1, 0.15) is 36.0 Å². The molecule has 0 aromatic heterocycles. The summed E-state index contributed by atoms with van der Waals surface area (Å²) < 4.78 is 0. The van der Waals surface area contributed by atoms with Crippen molar-refractivity contribution in [2.75, 3.05) is 0 Å². The molecule has 0 bridgehead atoms. The second-order valence-electron chi connectivity index (χ2n) is 5.81. The van der Waals surface area contributed by atoms with Crippen LogP contribution in [-0.2, 0) is 11.4 Å². The van der Waals surface area contributed by atoms with Crippen LogP contribution in [0, 0.1) is 12.8 Å². The van der Waals surface area contributed by atoms with Crippen molar-refractivity contribution in [3.05, 3.63) is 71.3 Å². The number of oxime groups is 1. The van der Waals surface area contributed by atoms with Gasteiger partial charge in [0.2, 0.25) is 0 Å². The third kappa shape index (κ3) is 4.19. The Labute approximate surface area is 126 Å². The molecule has 2 aromatic rings. The van der Waals surface area contributed by atoms with E-state index in [2.05, 4.69) is 48.5 Å². The first-order valence-corrected chi connectivity index (χ1v) is 7.61. The fourth-order valence-electron chi connectivity index (χ4n) is 2.31. The zero-order valence-electron chi connectivity index (χ0n) is 12.5. The van der Waals surface area contributed by atoms with Crippen LogP contribution in [0.15, 0.2) is 59.8 Å². The number of rotatable bonds is 6. The van der Waals surface area contributed by atoms with E-state index in [9.17, 15) is 0 Å². The normalized spacial score (nSPS) is 15.0. The Morgan fingerprint density at radius 3 is 2.43 bits per heavy atom. The van der Waals surface area contributed by atoms with Crippen molar-refractivity contribution in [3.63, 3.8) is 0 Å². The first-order valence-electron chi connectivity index (χ1n) is 7.61. The molecule has 1 aliphatic rings. The van der Waals surface area contributed by atoms with Crippen molar-refractivity contribution in [2.45, 2.75) is 32.8 Å². The lowest BCUT2D eigenvalue weighted by Gasteiger charge is -2.07. The summed E-state index contributed by atoms with van der Waals surface area (Å²) in [6.07, 6.45) is 3.67. The van der Waals surface area contributed by atoms with Crippen LogP contribution in [0.2, 0.25) is 0 Å². The van der Waals surface area contributed by atoms with E-state index in [0.717, 1.165) is 23.6 Å². The number of aryl methyl sites for hydroxylation is 1. The van der Waals surface area contributed by atoms with Crippen LogP contribution in [0.4, 0.5) is 0 Å². The largest absolute Gasteiger partial charge is 0.391 e. The molecule has 2 aromatic carbocycles. The number of hydrogen-bond donors (Lipinski definition) is 0. The molecule has 0 atom stereocenters. The number of hydrogen-bond acceptors (Lipinski definition) is 2. The highest BCUT2D eigenvalue weighted by molar-refractivity contribution is 6.00. The molecule has 0 aliphatic heterocycles. The van der Waals surface area contributed by atoms with Gasteiger partial charge in [-0.2, -0.15) is 0 Å². The van der Waals surface area contributed by atoms with E-state index in [1.807, 2.05) is 18.2 Å². The van der Waals surface area contributed by atoms with Gasteiger partial charge < -0.3 is 4.84 Å². The monoisotopic (exact) mass is 279 g/mol. The van der Waals surface area contributed by atoms with Gasteiger partial charge in [0.25, 0.3) is 0 Å². The fourth-order valence-corrected chi connectivity index (χ4v) is 2.31. The van der Waals surface area contributed by atoms with Crippen molar-refractivity contribution in [2.24, 2.45) is 11.1 Å². The van der Waals surface area contributed by atoms with Gasteiger partial charge in [0.1, 0.15) is 6.61 Å². The molecule has 0 spiro atoms. The Morgan fingerprint density at radius 1 is 1.05 bits per heavy atom. The van der Waals surface area contributed by atoms with Crippen LogP contribution >= 0.6 is 0 Å². The zero-order chi connectivity index (χ0) is 14.5. The van der Waals surface area contributed by atoms with Gasteiger partial charge in [0.15, 0.2) is 0 Å². The van der Waals surface area contributed by atoms with Crippen LogP contribution in [0.25, 0.3) is 0 Å². The third-order valence-corrected chi connectivity index (χ3v) is 3.81. The van der Waals surface area contributed by atoms with Crippen LogP contribution in [0.3, 0.4) is 0 Å². The maximum atomic E-state index is 5.58. The van der Waals surface area contributed by atoms with Gasteiger partial charge in [0.05, 0.1) is 5.71 Å². The van der Waals surface area contributed by atoms with Crippen molar-refractivity contribution >= 4 is 5.71 Å². The number of nitrogens with zero attached hydrogens (tertiary/aromatic N) is 1. The zero-order valence-corrected chi connectivity index (χ0v) is 12.5. The molecule has 0 amide bonds. The summed E-state index contributed by atoms with van der Waals surface area (Å²) >= 11 is 0. The molecule has 0 radical (unpaired) electrons. The molecule has 0 heterocycles. The molecule has 1 fully saturated rings. The Bertz CT molecular complexity index is 597. The molecule has 2 nitrogen and oxygen atoms in total.